The van der Waals surface area contributed by atoms with Crippen molar-refractivity contribution in [3.05, 3.63) is 35.4 Å². The third-order valence-electron chi connectivity index (χ3n) is 3.43. The van der Waals surface area contributed by atoms with E-state index < -0.39 is 0 Å². The molecule has 1 fully saturated rings. The van der Waals surface area contributed by atoms with Gasteiger partial charge in [-0.1, -0.05) is 24.0 Å². The minimum absolute atomic E-state index is 0.0962. The molecule has 1 aliphatic rings. The van der Waals surface area contributed by atoms with Gasteiger partial charge in [-0.15, -0.1) is 0 Å². The zero-order valence-electron chi connectivity index (χ0n) is 11.9. The van der Waals surface area contributed by atoms with E-state index in [9.17, 15) is 4.79 Å². The lowest BCUT2D eigenvalue weighted by molar-refractivity contribution is -0.130. The molecular weight excluding hydrogens is 250 g/mol. The molecule has 20 heavy (non-hydrogen) atoms. The molecule has 0 saturated heterocycles. The van der Waals surface area contributed by atoms with Crippen LogP contribution in [-0.2, 0) is 11.3 Å². The third kappa shape index (κ3) is 4.71. The van der Waals surface area contributed by atoms with Gasteiger partial charge in [0, 0.05) is 32.0 Å². The second-order valence-electron chi connectivity index (χ2n) is 5.37. The molecule has 0 bridgehead atoms. The Hall–Kier alpha value is -1.79. The standard InChI is InChI=1S/C17H21NO2/c1-18(17(20)12-15-7-8-15)13-16-9-5-14(6-10-16)4-2-3-11-19/h5-6,9-10,15,19H,3,7-8,11-13H2,1H3. The molecule has 1 aromatic carbocycles. The fourth-order valence-corrected chi connectivity index (χ4v) is 2.00. The van der Waals surface area contributed by atoms with Gasteiger partial charge in [-0.25, -0.2) is 0 Å². The van der Waals surface area contributed by atoms with Crippen LogP contribution in [0.1, 0.15) is 36.8 Å². The summed E-state index contributed by atoms with van der Waals surface area (Å²) in [6, 6.07) is 7.92. The molecule has 2 rings (SSSR count). The van der Waals surface area contributed by atoms with Crippen molar-refractivity contribution in [3.63, 3.8) is 0 Å². The Bertz CT molecular complexity index is 506. The number of carbonyl (C=O) groups is 1. The first kappa shape index (κ1) is 14.6. The summed E-state index contributed by atoms with van der Waals surface area (Å²) < 4.78 is 0. The maximum absolute atomic E-state index is 11.9. The van der Waals surface area contributed by atoms with Gasteiger partial charge in [0.25, 0.3) is 0 Å². The Morgan fingerprint density at radius 2 is 2.05 bits per heavy atom. The van der Waals surface area contributed by atoms with Gasteiger partial charge in [0.1, 0.15) is 0 Å². The maximum Gasteiger partial charge on any atom is 0.222 e. The van der Waals surface area contributed by atoms with Gasteiger partial charge >= 0.3 is 0 Å². The molecular formula is C17H21NO2. The second-order valence-corrected chi connectivity index (χ2v) is 5.37. The maximum atomic E-state index is 11.9. The topological polar surface area (TPSA) is 40.5 Å². The number of hydrogen-bond acceptors (Lipinski definition) is 2. The molecule has 1 aliphatic carbocycles. The largest absolute Gasteiger partial charge is 0.395 e. The zero-order chi connectivity index (χ0) is 14.4. The summed E-state index contributed by atoms with van der Waals surface area (Å²) in [5.74, 6) is 6.76. The van der Waals surface area contributed by atoms with Crippen molar-refractivity contribution < 1.29 is 9.90 Å². The highest BCUT2D eigenvalue weighted by atomic mass is 16.2. The molecule has 0 aromatic heterocycles. The van der Waals surface area contributed by atoms with E-state index in [0.717, 1.165) is 11.1 Å². The highest BCUT2D eigenvalue weighted by Gasteiger charge is 2.25. The molecule has 0 heterocycles. The van der Waals surface area contributed by atoms with Gasteiger partial charge in [-0.3, -0.25) is 4.79 Å². The number of nitrogens with zero attached hydrogens (tertiary/aromatic N) is 1. The summed E-state index contributed by atoms with van der Waals surface area (Å²) in [7, 11) is 1.86. The van der Waals surface area contributed by atoms with Gasteiger partial charge in [0.15, 0.2) is 0 Å². The number of aliphatic hydroxyl groups is 1. The van der Waals surface area contributed by atoms with Crippen LogP contribution < -0.4 is 0 Å². The smallest absolute Gasteiger partial charge is 0.222 e. The third-order valence-corrected chi connectivity index (χ3v) is 3.43. The Balaban J connectivity index is 1.86. The number of amides is 1. The highest BCUT2D eigenvalue weighted by Crippen LogP contribution is 2.32. The van der Waals surface area contributed by atoms with Crippen LogP contribution in [-0.4, -0.2) is 29.6 Å². The first-order valence-corrected chi connectivity index (χ1v) is 7.11. The molecule has 0 spiro atoms. The van der Waals surface area contributed by atoms with E-state index in [2.05, 4.69) is 11.8 Å². The van der Waals surface area contributed by atoms with Crippen molar-refractivity contribution in [3.8, 4) is 11.8 Å². The fourth-order valence-electron chi connectivity index (χ4n) is 2.00. The lowest BCUT2D eigenvalue weighted by atomic mass is 10.1. The minimum Gasteiger partial charge on any atom is -0.395 e. The first-order valence-electron chi connectivity index (χ1n) is 7.11. The van der Waals surface area contributed by atoms with Crippen LogP contribution >= 0.6 is 0 Å². The lowest BCUT2D eigenvalue weighted by Crippen LogP contribution is -2.26. The molecule has 1 amide bonds. The molecule has 106 valence electrons. The van der Waals surface area contributed by atoms with E-state index in [1.807, 2.05) is 31.3 Å². The van der Waals surface area contributed by atoms with E-state index in [1.165, 1.54) is 12.8 Å². The van der Waals surface area contributed by atoms with E-state index in [0.29, 0.717) is 25.3 Å². The van der Waals surface area contributed by atoms with E-state index in [4.69, 9.17) is 5.11 Å². The van der Waals surface area contributed by atoms with Gasteiger partial charge in [-0.2, -0.15) is 0 Å². The minimum atomic E-state index is 0.0962. The molecule has 3 heteroatoms. The van der Waals surface area contributed by atoms with E-state index in [-0.39, 0.29) is 12.5 Å². The average molecular weight is 271 g/mol. The van der Waals surface area contributed by atoms with Crippen molar-refractivity contribution in [2.75, 3.05) is 13.7 Å². The molecule has 0 atom stereocenters. The number of benzene rings is 1. The van der Waals surface area contributed by atoms with Gasteiger partial charge in [-0.05, 0) is 36.5 Å². The van der Waals surface area contributed by atoms with Crippen molar-refractivity contribution in [1.29, 1.82) is 0 Å². The Morgan fingerprint density at radius 1 is 1.35 bits per heavy atom. The van der Waals surface area contributed by atoms with Gasteiger partial charge < -0.3 is 10.0 Å². The summed E-state index contributed by atoms with van der Waals surface area (Å²) >= 11 is 0. The quantitative estimate of drug-likeness (QED) is 0.834. The van der Waals surface area contributed by atoms with Crippen molar-refractivity contribution in [2.24, 2.45) is 5.92 Å². The van der Waals surface area contributed by atoms with Crippen molar-refractivity contribution in [1.82, 2.24) is 4.90 Å². The van der Waals surface area contributed by atoms with Crippen LogP contribution in [0.5, 0.6) is 0 Å². The Kier molecular flexibility index (Phi) is 5.20. The SMILES string of the molecule is CN(Cc1ccc(C#CCCO)cc1)C(=O)CC1CC1. The second kappa shape index (κ2) is 7.12. The van der Waals surface area contributed by atoms with Crippen LogP contribution in [0.4, 0.5) is 0 Å². The van der Waals surface area contributed by atoms with Gasteiger partial charge in [0.2, 0.25) is 5.91 Å². The van der Waals surface area contributed by atoms with Crippen LogP contribution in [0.2, 0.25) is 0 Å². The Morgan fingerprint density at radius 3 is 2.65 bits per heavy atom. The molecule has 0 radical (unpaired) electrons. The average Bonchev–Trinajstić information content (AvgIpc) is 3.25. The predicted molar refractivity (Wildman–Crippen MR) is 78.8 cm³/mol. The van der Waals surface area contributed by atoms with Crippen molar-refractivity contribution in [2.45, 2.75) is 32.2 Å². The monoisotopic (exact) mass is 271 g/mol. The molecule has 1 N–H and O–H groups in total. The van der Waals surface area contributed by atoms with E-state index in [1.54, 1.807) is 4.90 Å². The summed E-state index contributed by atoms with van der Waals surface area (Å²) in [4.78, 5) is 13.7. The predicted octanol–water partition coefficient (Wildman–Crippen LogP) is 2.18. The molecule has 1 saturated carbocycles. The number of aliphatic hydroxyl groups excluding tert-OH is 1. The van der Waals surface area contributed by atoms with Crippen LogP contribution in [0.15, 0.2) is 24.3 Å². The summed E-state index contributed by atoms with van der Waals surface area (Å²) in [6.07, 6.45) is 3.61. The zero-order valence-corrected chi connectivity index (χ0v) is 11.9. The van der Waals surface area contributed by atoms with Crippen LogP contribution in [0.25, 0.3) is 0 Å². The first-order chi connectivity index (χ1) is 9.69. The fraction of sp³-hybridized carbons (Fsp3) is 0.471. The van der Waals surface area contributed by atoms with Crippen LogP contribution in [0.3, 0.4) is 0 Å². The number of hydrogen-bond donors (Lipinski definition) is 1. The Labute approximate surface area is 120 Å². The molecule has 1 aromatic rings. The van der Waals surface area contributed by atoms with Crippen molar-refractivity contribution >= 4 is 5.91 Å². The summed E-state index contributed by atoms with van der Waals surface area (Å²) in [6.45, 7) is 0.745. The lowest BCUT2D eigenvalue weighted by Gasteiger charge is -2.17. The number of carbonyl (C=O) groups excluding carboxylic acids is 1. The summed E-state index contributed by atoms with van der Waals surface area (Å²) in [5, 5.41) is 8.67. The van der Waals surface area contributed by atoms with Crippen LogP contribution in [0, 0.1) is 17.8 Å². The summed E-state index contributed by atoms with van der Waals surface area (Å²) in [5.41, 5.74) is 2.05. The number of rotatable bonds is 5. The van der Waals surface area contributed by atoms with Gasteiger partial charge in [0.05, 0.1) is 6.61 Å². The molecule has 3 nitrogen and oxygen atoms in total. The highest BCUT2D eigenvalue weighted by molar-refractivity contribution is 5.76. The normalized spacial score (nSPS) is 13.5. The molecule has 0 unspecified atom stereocenters. The van der Waals surface area contributed by atoms with E-state index >= 15 is 0 Å². The molecule has 0 aliphatic heterocycles.